The molecule has 168 valence electrons. The number of thioether (sulfide) groups is 1. The quantitative estimate of drug-likeness (QED) is 0.269. The van der Waals surface area contributed by atoms with Gasteiger partial charge in [-0.2, -0.15) is 15.1 Å². The molecule has 0 saturated heterocycles. The summed E-state index contributed by atoms with van der Waals surface area (Å²) in [5, 5.41) is 26.0. The van der Waals surface area contributed by atoms with Crippen LogP contribution in [0.3, 0.4) is 0 Å². The van der Waals surface area contributed by atoms with E-state index in [1.807, 2.05) is 6.92 Å². The third-order valence-corrected chi connectivity index (χ3v) is 5.73. The van der Waals surface area contributed by atoms with Crippen LogP contribution in [0.5, 0.6) is 11.5 Å². The Kier molecular flexibility index (Phi) is 6.50. The molecule has 0 saturated carbocycles. The van der Waals surface area contributed by atoms with Crippen LogP contribution in [-0.4, -0.2) is 45.1 Å². The number of ether oxygens (including phenoxy) is 2. The molecule has 0 unspecified atom stereocenters. The Bertz CT molecular complexity index is 1210. The molecule has 11 heteroatoms. The number of non-ortho nitro benzene ring substituents is 1. The molecule has 0 aliphatic carbocycles. The van der Waals surface area contributed by atoms with Gasteiger partial charge >= 0.3 is 0 Å². The Morgan fingerprint density at radius 3 is 2.61 bits per heavy atom. The molecule has 1 amide bonds. The van der Waals surface area contributed by atoms with Crippen LogP contribution in [0.15, 0.2) is 64.2 Å². The fourth-order valence-corrected chi connectivity index (χ4v) is 3.86. The molecule has 33 heavy (non-hydrogen) atoms. The highest BCUT2D eigenvalue weighted by molar-refractivity contribution is 8.26. The topological polar surface area (TPSA) is 130 Å². The minimum absolute atomic E-state index is 0.0102. The van der Waals surface area contributed by atoms with Crippen molar-refractivity contribution in [2.24, 2.45) is 10.1 Å². The Morgan fingerprint density at radius 1 is 1.15 bits per heavy atom. The average molecular weight is 465 g/mol. The number of hydrogen-bond acceptors (Lipinski definition) is 8. The van der Waals surface area contributed by atoms with Crippen LogP contribution >= 0.6 is 11.8 Å². The first-order chi connectivity index (χ1) is 16.0. The SMILES string of the molecule is CCC1=NN2C(=N)/C(=C/c3ccccc3OCCOc3ccc([N+](=O)[O-])cc3)C(=O)N=C2S1. The van der Waals surface area contributed by atoms with E-state index in [4.69, 9.17) is 14.9 Å². The molecule has 0 atom stereocenters. The summed E-state index contributed by atoms with van der Waals surface area (Å²) in [4.78, 5) is 26.9. The van der Waals surface area contributed by atoms with Crippen LogP contribution in [0, 0.1) is 15.5 Å². The summed E-state index contributed by atoms with van der Waals surface area (Å²) >= 11 is 1.29. The summed E-state index contributed by atoms with van der Waals surface area (Å²) in [5.74, 6) is 0.478. The molecular formula is C22H19N5O5S. The average Bonchev–Trinajstić information content (AvgIpc) is 3.24. The van der Waals surface area contributed by atoms with Crippen LogP contribution in [0.1, 0.15) is 18.9 Å². The Balaban J connectivity index is 1.43. The number of aliphatic imine (C=N–C) groups is 1. The monoisotopic (exact) mass is 465 g/mol. The lowest BCUT2D eigenvalue weighted by Gasteiger charge is -2.20. The number of amides is 1. The van der Waals surface area contributed by atoms with Gasteiger partial charge in [0.2, 0.25) is 5.17 Å². The molecular weight excluding hydrogens is 446 g/mol. The first kappa shape index (κ1) is 22.2. The van der Waals surface area contributed by atoms with Gasteiger partial charge in [0.1, 0.15) is 29.8 Å². The summed E-state index contributed by atoms with van der Waals surface area (Å²) in [7, 11) is 0. The second kappa shape index (κ2) is 9.65. The number of nitro groups is 1. The number of hydrogen-bond donors (Lipinski definition) is 1. The highest BCUT2D eigenvalue weighted by Crippen LogP contribution is 2.30. The number of hydrazone groups is 1. The third kappa shape index (κ3) is 4.93. The van der Waals surface area contributed by atoms with Gasteiger partial charge in [0.15, 0.2) is 5.84 Å². The number of amidine groups is 2. The van der Waals surface area contributed by atoms with E-state index in [0.29, 0.717) is 28.7 Å². The van der Waals surface area contributed by atoms with Crippen LogP contribution in [0.4, 0.5) is 5.69 Å². The number of benzene rings is 2. The van der Waals surface area contributed by atoms with Gasteiger partial charge in [0, 0.05) is 17.7 Å². The van der Waals surface area contributed by atoms with E-state index in [0.717, 1.165) is 5.04 Å². The number of carbonyl (C=O) groups excluding carboxylic acids is 1. The van der Waals surface area contributed by atoms with E-state index in [2.05, 4.69) is 10.1 Å². The second-order valence-corrected chi connectivity index (χ2v) is 7.89. The number of rotatable bonds is 8. The van der Waals surface area contributed by atoms with Gasteiger partial charge in [-0.3, -0.25) is 20.3 Å². The van der Waals surface area contributed by atoms with Crippen LogP contribution in [-0.2, 0) is 4.79 Å². The molecule has 4 rings (SSSR count). The number of fused-ring (bicyclic) bond motifs is 1. The normalized spacial score (nSPS) is 16.4. The zero-order chi connectivity index (χ0) is 23.4. The van der Waals surface area contributed by atoms with E-state index in [1.54, 1.807) is 30.3 Å². The Labute approximate surface area is 193 Å². The number of nitrogens with zero attached hydrogens (tertiary/aromatic N) is 4. The fourth-order valence-electron chi connectivity index (χ4n) is 3.04. The van der Waals surface area contributed by atoms with Gasteiger partial charge in [-0.25, -0.2) is 0 Å². The van der Waals surface area contributed by atoms with Crippen molar-refractivity contribution in [3.8, 4) is 11.5 Å². The largest absolute Gasteiger partial charge is 0.490 e. The summed E-state index contributed by atoms with van der Waals surface area (Å²) in [5.41, 5.74) is 0.730. The van der Waals surface area contributed by atoms with E-state index < -0.39 is 10.8 Å². The lowest BCUT2D eigenvalue weighted by Crippen LogP contribution is -2.35. The van der Waals surface area contributed by atoms with Gasteiger partial charge in [-0.15, -0.1) is 0 Å². The number of carbonyl (C=O) groups is 1. The summed E-state index contributed by atoms with van der Waals surface area (Å²) in [6, 6.07) is 12.9. The molecule has 0 spiro atoms. The van der Waals surface area contributed by atoms with Gasteiger partial charge < -0.3 is 9.47 Å². The highest BCUT2D eigenvalue weighted by atomic mass is 32.2. The molecule has 2 aliphatic heterocycles. The van der Waals surface area contributed by atoms with Crippen molar-refractivity contribution in [1.29, 1.82) is 5.41 Å². The molecule has 2 aromatic rings. The number of nitrogens with one attached hydrogen (secondary N) is 1. The maximum absolute atomic E-state index is 12.6. The van der Waals surface area contributed by atoms with Gasteiger partial charge in [-0.05, 0) is 42.5 Å². The van der Waals surface area contributed by atoms with Crippen molar-refractivity contribution in [1.82, 2.24) is 5.01 Å². The standard InChI is InChI=1S/C22H19N5O5S/c1-2-19-25-26-20(23)17(21(28)24-22(26)33-19)13-14-5-3-4-6-18(14)32-12-11-31-16-9-7-15(8-10-16)27(29)30/h3-10,13,23H,2,11-12H2,1H3/b17-13-,23-20?. The summed E-state index contributed by atoms with van der Waals surface area (Å²) < 4.78 is 11.4. The van der Waals surface area contributed by atoms with E-state index >= 15 is 0 Å². The van der Waals surface area contributed by atoms with Gasteiger partial charge in [0.05, 0.1) is 10.5 Å². The van der Waals surface area contributed by atoms with Crippen molar-refractivity contribution < 1.29 is 19.2 Å². The van der Waals surface area contributed by atoms with Crippen LogP contribution < -0.4 is 9.47 Å². The highest BCUT2D eigenvalue weighted by Gasteiger charge is 2.35. The van der Waals surface area contributed by atoms with Gasteiger partial charge in [-0.1, -0.05) is 25.1 Å². The molecule has 2 aliphatic rings. The first-order valence-corrected chi connectivity index (χ1v) is 10.9. The van der Waals surface area contributed by atoms with Crippen molar-refractivity contribution in [3.63, 3.8) is 0 Å². The zero-order valence-electron chi connectivity index (χ0n) is 17.6. The second-order valence-electron chi connectivity index (χ2n) is 6.85. The Hall–Kier alpha value is -3.99. The lowest BCUT2D eigenvalue weighted by molar-refractivity contribution is -0.384. The predicted molar refractivity (Wildman–Crippen MR) is 126 cm³/mol. The Morgan fingerprint density at radius 2 is 1.88 bits per heavy atom. The number of para-hydroxylation sites is 1. The molecule has 0 bridgehead atoms. The zero-order valence-corrected chi connectivity index (χ0v) is 18.4. The predicted octanol–water partition coefficient (Wildman–Crippen LogP) is 4.08. The molecule has 0 radical (unpaired) electrons. The number of nitro benzene ring substituents is 1. The van der Waals surface area contributed by atoms with Crippen LogP contribution in [0.2, 0.25) is 0 Å². The van der Waals surface area contributed by atoms with Crippen LogP contribution in [0.25, 0.3) is 6.08 Å². The molecule has 1 N–H and O–H groups in total. The maximum Gasteiger partial charge on any atom is 0.283 e. The lowest BCUT2D eigenvalue weighted by atomic mass is 10.1. The molecule has 0 fully saturated rings. The minimum Gasteiger partial charge on any atom is -0.490 e. The maximum atomic E-state index is 12.6. The van der Waals surface area contributed by atoms with E-state index in [-0.39, 0.29) is 30.3 Å². The van der Waals surface area contributed by atoms with Crippen molar-refractivity contribution in [3.05, 3.63) is 69.8 Å². The minimum atomic E-state index is -0.498. The summed E-state index contributed by atoms with van der Waals surface area (Å²) in [6.45, 7) is 2.37. The van der Waals surface area contributed by atoms with Crippen molar-refractivity contribution in [2.45, 2.75) is 13.3 Å². The first-order valence-electron chi connectivity index (χ1n) is 10.0. The van der Waals surface area contributed by atoms with E-state index in [9.17, 15) is 14.9 Å². The molecule has 2 aromatic carbocycles. The molecule has 10 nitrogen and oxygen atoms in total. The molecule has 2 heterocycles. The van der Waals surface area contributed by atoms with E-state index in [1.165, 1.54) is 41.0 Å². The van der Waals surface area contributed by atoms with Gasteiger partial charge in [0.25, 0.3) is 11.6 Å². The third-order valence-electron chi connectivity index (χ3n) is 4.67. The smallest absolute Gasteiger partial charge is 0.283 e. The van der Waals surface area contributed by atoms with Crippen molar-refractivity contribution in [2.75, 3.05) is 13.2 Å². The molecule has 0 aromatic heterocycles. The summed E-state index contributed by atoms with van der Waals surface area (Å²) in [6.07, 6.45) is 2.26. The fraction of sp³-hybridized carbons (Fsp3) is 0.182. The van der Waals surface area contributed by atoms with Crippen molar-refractivity contribution >= 4 is 45.5 Å².